The van der Waals surface area contributed by atoms with Gasteiger partial charge in [0.2, 0.25) is 0 Å². The van der Waals surface area contributed by atoms with Gasteiger partial charge in [0.15, 0.2) is 6.10 Å². The van der Waals surface area contributed by atoms with Crippen molar-refractivity contribution in [2.24, 2.45) is 7.05 Å². The Morgan fingerprint density at radius 1 is 1.52 bits per heavy atom. The van der Waals surface area contributed by atoms with Crippen LogP contribution in [-0.4, -0.2) is 59.2 Å². The molecular weight excluding hydrogens is 282 g/mol. The van der Waals surface area contributed by atoms with Crippen LogP contribution in [0.1, 0.15) is 10.5 Å². The molecule has 2 heterocycles. The molecule has 1 aromatic rings. The number of morpholine rings is 1. The fraction of sp³-hybridized carbons (Fsp3) is 0.500. The molecule has 1 aliphatic heterocycles. The Kier molecular flexibility index (Phi) is 4.22. The zero-order valence-corrected chi connectivity index (χ0v) is 11.6. The lowest BCUT2D eigenvalue weighted by Gasteiger charge is -2.31. The van der Waals surface area contributed by atoms with Gasteiger partial charge in [0.1, 0.15) is 5.69 Å². The van der Waals surface area contributed by atoms with Crippen LogP contribution in [0, 0.1) is 10.1 Å². The number of hydrogen-bond donors (Lipinski definition) is 0. The molecule has 0 radical (unpaired) electrons. The number of methoxy groups -OCH3 is 1. The summed E-state index contributed by atoms with van der Waals surface area (Å²) in [5, 5.41) is 10.7. The van der Waals surface area contributed by atoms with Crippen molar-refractivity contribution in [2.75, 3.05) is 26.8 Å². The maximum absolute atomic E-state index is 12.4. The minimum atomic E-state index is -0.831. The van der Waals surface area contributed by atoms with Crippen LogP contribution in [0.5, 0.6) is 0 Å². The third-order valence-electron chi connectivity index (χ3n) is 3.24. The smallest absolute Gasteiger partial charge is 0.336 e. The first-order valence-corrected chi connectivity index (χ1v) is 6.23. The topological polar surface area (TPSA) is 104 Å². The summed E-state index contributed by atoms with van der Waals surface area (Å²) in [5.41, 5.74) is 0.0332. The van der Waals surface area contributed by atoms with Gasteiger partial charge >= 0.3 is 5.97 Å². The lowest BCUT2D eigenvalue weighted by atomic mass is 10.2. The molecule has 0 spiro atoms. The van der Waals surface area contributed by atoms with Crippen LogP contribution in [0.2, 0.25) is 0 Å². The first-order chi connectivity index (χ1) is 9.93. The maximum atomic E-state index is 12.4. The molecule has 2 rings (SSSR count). The predicted octanol–water partition coefficient (Wildman–Crippen LogP) is -0.0527. The Labute approximate surface area is 120 Å². The third-order valence-corrected chi connectivity index (χ3v) is 3.24. The summed E-state index contributed by atoms with van der Waals surface area (Å²) in [6.07, 6.45) is 0.439. The molecule has 1 aliphatic rings. The summed E-state index contributed by atoms with van der Waals surface area (Å²) < 4.78 is 11.2. The number of carbonyl (C=O) groups excluding carboxylic acids is 2. The molecule has 1 amide bonds. The minimum Gasteiger partial charge on any atom is -0.467 e. The molecule has 0 bridgehead atoms. The van der Waals surface area contributed by atoms with E-state index in [1.807, 2.05) is 0 Å². The molecule has 1 atom stereocenters. The van der Waals surface area contributed by atoms with Gasteiger partial charge in [-0.3, -0.25) is 14.9 Å². The molecule has 0 aliphatic carbocycles. The van der Waals surface area contributed by atoms with E-state index >= 15 is 0 Å². The molecule has 1 fully saturated rings. The molecule has 21 heavy (non-hydrogen) atoms. The molecule has 0 N–H and O–H groups in total. The average molecular weight is 297 g/mol. The molecule has 9 heteroatoms. The van der Waals surface area contributed by atoms with Gasteiger partial charge in [0, 0.05) is 19.7 Å². The van der Waals surface area contributed by atoms with Gasteiger partial charge in [0.25, 0.3) is 11.6 Å². The Hall–Kier alpha value is -2.42. The third kappa shape index (κ3) is 3.02. The molecule has 0 aromatic carbocycles. The Morgan fingerprint density at radius 2 is 2.24 bits per heavy atom. The van der Waals surface area contributed by atoms with Crippen molar-refractivity contribution in [3.63, 3.8) is 0 Å². The van der Waals surface area contributed by atoms with E-state index in [2.05, 4.69) is 4.74 Å². The van der Waals surface area contributed by atoms with Crippen LogP contribution in [0.25, 0.3) is 0 Å². The van der Waals surface area contributed by atoms with Gasteiger partial charge < -0.3 is 18.9 Å². The second-order valence-electron chi connectivity index (χ2n) is 4.59. The van der Waals surface area contributed by atoms with Gasteiger partial charge in [-0.05, 0) is 0 Å². The number of amides is 1. The van der Waals surface area contributed by atoms with Crippen LogP contribution in [0.15, 0.2) is 12.3 Å². The van der Waals surface area contributed by atoms with Crippen molar-refractivity contribution < 1.29 is 24.0 Å². The number of ether oxygens (including phenoxy) is 2. The van der Waals surface area contributed by atoms with Crippen molar-refractivity contribution in [3.05, 3.63) is 28.1 Å². The largest absolute Gasteiger partial charge is 0.467 e. The second kappa shape index (κ2) is 5.92. The highest BCUT2D eigenvalue weighted by Gasteiger charge is 2.31. The quantitative estimate of drug-likeness (QED) is 0.440. The Morgan fingerprint density at radius 3 is 2.81 bits per heavy atom. The molecule has 1 saturated heterocycles. The number of hydrogen-bond acceptors (Lipinski definition) is 6. The van der Waals surface area contributed by atoms with E-state index in [0.29, 0.717) is 6.54 Å². The monoisotopic (exact) mass is 297 g/mol. The number of nitro groups is 1. The van der Waals surface area contributed by atoms with Crippen LogP contribution >= 0.6 is 0 Å². The average Bonchev–Trinajstić information content (AvgIpc) is 2.88. The highest BCUT2D eigenvalue weighted by molar-refractivity contribution is 5.94. The first kappa shape index (κ1) is 15.0. The number of aryl methyl sites for hydroxylation is 1. The number of nitrogens with zero attached hydrogens (tertiary/aromatic N) is 3. The molecule has 1 aromatic heterocycles. The van der Waals surface area contributed by atoms with Crippen LogP contribution in [-0.2, 0) is 21.3 Å². The van der Waals surface area contributed by atoms with E-state index in [1.165, 1.54) is 28.8 Å². The molecular formula is C12H15N3O6. The van der Waals surface area contributed by atoms with Crippen molar-refractivity contribution in [1.29, 1.82) is 0 Å². The lowest BCUT2D eigenvalue weighted by molar-refractivity contribution is -0.384. The number of rotatable bonds is 3. The van der Waals surface area contributed by atoms with E-state index in [-0.39, 0.29) is 30.4 Å². The van der Waals surface area contributed by atoms with E-state index in [4.69, 9.17) is 4.74 Å². The van der Waals surface area contributed by atoms with Crippen molar-refractivity contribution in [1.82, 2.24) is 9.47 Å². The first-order valence-electron chi connectivity index (χ1n) is 6.23. The molecule has 9 nitrogen and oxygen atoms in total. The fourth-order valence-corrected chi connectivity index (χ4v) is 2.13. The van der Waals surface area contributed by atoms with Crippen molar-refractivity contribution in [3.8, 4) is 0 Å². The number of aromatic nitrogens is 1. The van der Waals surface area contributed by atoms with Crippen LogP contribution in [0.4, 0.5) is 5.69 Å². The Balaban J connectivity index is 2.16. The summed E-state index contributed by atoms with van der Waals surface area (Å²) in [4.78, 5) is 35.4. The van der Waals surface area contributed by atoms with E-state index < -0.39 is 17.0 Å². The molecule has 0 saturated carbocycles. The van der Waals surface area contributed by atoms with E-state index in [1.54, 1.807) is 7.05 Å². The summed E-state index contributed by atoms with van der Waals surface area (Å²) in [6.45, 7) is 0.577. The summed E-state index contributed by atoms with van der Waals surface area (Å²) >= 11 is 0. The lowest BCUT2D eigenvalue weighted by Crippen LogP contribution is -2.49. The Bertz CT molecular complexity index is 582. The summed E-state index contributed by atoms with van der Waals surface area (Å²) in [6, 6.07) is 1.21. The number of carbonyl (C=O) groups is 2. The molecule has 114 valence electrons. The van der Waals surface area contributed by atoms with Gasteiger partial charge in [-0.15, -0.1) is 0 Å². The highest BCUT2D eigenvalue weighted by atomic mass is 16.6. The predicted molar refractivity (Wildman–Crippen MR) is 69.7 cm³/mol. The SMILES string of the molecule is COC(=O)C1CN(C(=O)c2cc([N+](=O)[O-])cn2C)CCO1. The zero-order valence-electron chi connectivity index (χ0n) is 11.6. The normalized spacial score (nSPS) is 18.4. The van der Waals surface area contributed by atoms with Gasteiger partial charge in [-0.1, -0.05) is 0 Å². The van der Waals surface area contributed by atoms with Crippen LogP contribution in [0.3, 0.4) is 0 Å². The summed E-state index contributed by atoms with van der Waals surface area (Å²) in [5.74, 6) is -0.937. The fourth-order valence-electron chi connectivity index (χ4n) is 2.13. The van der Waals surface area contributed by atoms with Gasteiger partial charge in [0.05, 0.1) is 31.4 Å². The standard InChI is InChI=1S/C12H15N3O6/c1-13-6-8(15(18)19)5-9(13)11(16)14-3-4-21-10(7-14)12(17)20-2/h5-6,10H,3-4,7H2,1-2H3. The van der Waals surface area contributed by atoms with Crippen molar-refractivity contribution >= 4 is 17.6 Å². The van der Waals surface area contributed by atoms with Crippen LogP contribution < -0.4 is 0 Å². The van der Waals surface area contributed by atoms with E-state index in [0.717, 1.165) is 0 Å². The van der Waals surface area contributed by atoms with E-state index in [9.17, 15) is 19.7 Å². The molecule has 1 unspecified atom stereocenters. The zero-order chi connectivity index (χ0) is 15.6. The van der Waals surface area contributed by atoms with Gasteiger partial charge in [-0.2, -0.15) is 0 Å². The van der Waals surface area contributed by atoms with Crippen molar-refractivity contribution in [2.45, 2.75) is 6.10 Å². The maximum Gasteiger partial charge on any atom is 0.336 e. The van der Waals surface area contributed by atoms with Gasteiger partial charge in [-0.25, -0.2) is 4.79 Å². The second-order valence-corrected chi connectivity index (χ2v) is 4.59. The highest BCUT2D eigenvalue weighted by Crippen LogP contribution is 2.18. The number of esters is 1. The summed E-state index contributed by atoms with van der Waals surface area (Å²) in [7, 11) is 2.80. The minimum absolute atomic E-state index is 0.0600.